The molecule has 2 heterocycles. The zero-order valence-corrected chi connectivity index (χ0v) is 16.7. The summed E-state index contributed by atoms with van der Waals surface area (Å²) in [5.74, 6) is 0.749. The number of rotatable bonds is 6. The first-order valence-electron chi connectivity index (χ1n) is 10.3. The lowest BCUT2D eigenvalue weighted by Crippen LogP contribution is -2.33. The molecule has 29 heavy (non-hydrogen) atoms. The molecule has 1 amide bonds. The Morgan fingerprint density at radius 2 is 2.00 bits per heavy atom. The van der Waals surface area contributed by atoms with Crippen molar-refractivity contribution in [1.82, 2.24) is 4.90 Å². The van der Waals surface area contributed by atoms with Crippen molar-refractivity contribution >= 4 is 23.4 Å². The first kappa shape index (κ1) is 19.2. The van der Waals surface area contributed by atoms with E-state index in [0.29, 0.717) is 12.3 Å². The third-order valence-corrected chi connectivity index (χ3v) is 6.05. The van der Waals surface area contributed by atoms with Crippen LogP contribution < -0.4 is 10.6 Å². The highest BCUT2D eigenvalue weighted by molar-refractivity contribution is 6.08. The minimum absolute atomic E-state index is 0.234. The Bertz CT molecular complexity index is 922. The molecule has 0 aliphatic carbocycles. The van der Waals surface area contributed by atoms with Gasteiger partial charge in [-0.3, -0.25) is 4.79 Å². The smallest absolute Gasteiger partial charge is 0.226 e. The first-order valence-corrected chi connectivity index (χ1v) is 10.3. The number of hydrogen-bond donors (Lipinski definition) is 2. The normalized spacial score (nSPS) is 18.8. The Morgan fingerprint density at radius 1 is 1.17 bits per heavy atom. The quantitative estimate of drug-likeness (QED) is 0.747. The molecule has 0 aromatic heterocycles. The van der Waals surface area contributed by atoms with Gasteiger partial charge in [-0.2, -0.15) is 0 Å². The Morgan fingerprint density at radius 3 is 2.76 bits per heavy atom. The second-order valence-corrected chi connectivity index (χ2v) is 7.96. The SMILES string of the molecule is N=C/C(=C\N)c1ccc2c(c1)CCN2CC1CCN(C(=O)Cc2ccccc2)C1. The molecule has 2 aliphatic heterocycles. The Kier molecular flexibility index (Phi) is 5.65. The van der Waals surface area contributed by atoms with E-state index in [1.807, 2.05) is 41.3 Å². The number of carbonyl (C=O) groups is 1. The summed E-state index contributed by atoms with van der Waals surface area (Å²) in [7, 11) is 0. The maximum atomic E-state index is 12.6. The number of allylic oxidation sites excluding steroid dienone is 1. The average Bonchev–Trinajstić information content (AvgIpc) is 3.37. The molecule has 2 aromatic carbocycles. The maximum Gasteiger partial charge on any atom is 0.226 e. The van der Waals surface area contributed by atoms with E-state index < -0.39 is 0 Å². The van der Waals surface area contributed by atoms with E-state index in [9.17, 15) is 4.79 Å². The highest BCUT2D eigenvalue weighted by Crippen LogP contribution is 2.32. The molecule has 5 heteroatoms. The highest BCUT2D eigenvalue weighted by Gasteiger charge is 2.29. The molecule has 5 nitrogen and oxygen atoms in total. The Balaban J connectivity index is 1.36. The van der Waals surface area contributed by atoms with Crippen LogP contribution in [-0.4, -0.2) is 43.2 Å². The molecular formula is C24H28N4O. The average molecular weight is 389 g/mol. The number of nitrogens with zero attached hydrogens (tertiary/aromatic N) is 2. The second-order valence-electron chi connectivity index (χ2n) is 7.96. The van der Waals surface area contributed by atoms with Crippen LogP contribution in [0.15, 0.2) is 54.7 Å². The molecule has 4 rings (SSSR count). The van der Waals surface area contributed by atoms with Crippen LogP contribution in [0.5, 0.6) is 0 Å². The van der Waals surface area contributed by atoms with Crippen LogP contribution in [0, 0.1) is 11.3 Å². The number of likely N-dealkylation sites (tertiary alicyclic amines) is 1. The summed E-state index contributed by atoms with van der Waals surface area (Å²) in [6.45, 7) is 3.72. The molecule has 3 N–H and O–H groups in total. The molecule has 2 aliphatic rings. The summed E-state index contributed by atoms with van der Waals surface area (Å²) in [5.41, 5.74) is 11.1. The van der Waals surface area contributed by atoms with E-state index >= 15 is 0 Å². The summed E-state index contributed by atoms with van der Waals surface area (Å²) in [6, 6.07) is 16.3. The molecule has 0 bridgehead atoms. The fraction of sp³-hybridized carbons (Fsp3) is 0.333. The van der Waals surface area contributed by atoms with Gasteiger partial charge in [-0.05, 0) is 47.6 Å². The summed E-state index contributed by atoms with van der Waals surface area (Å²) < 4.78 is 0. The van der Waals surface area contributed by atoms with Crippen LogP contribution in [-0.2, 0) is 17.6 Å². The summed E-state index contributed by atoms with van der Waals surface area (Å²) >= 11 is 0. The molecule has 2 aromatic rings. The van der Waals surface area contributed by atoms with Gasteiger partial charge in [0.2, 0.25) is 5.91 Å². The van der Waals surface area contributed by atoms with Gasteiger partial charge >= 0.3 is 0 Å². The first-order chi connectivity index (χ1) is 14.2. The minimum atomic E-state index is 0.234. The van der Waals surface area contributed by atoms with Crippen LogP contribution in [0.3, 0.4) is 0 Å². The molecule has 150 valence electrons. The molecule has 1 unspecified atom stereocenters. The van der Waals surface area contributed by atoms with Crippen LogP contribution in [0.2, 0.25) is 0 Å². The van der Waals surface area contributed by atoms with Gasteiger partial charge in [0.05, 0.1) is 6.42 Å². The molecule has 0 spiro atoms. The summed E-state index contributed by atoms with van der Waals surface area (Å²) in [4.78, 5) is 17.1. The highest BCUT2D eigenvalue weighted by atomic mass is 16.2. The number of carbonyl (C=O) groups excluding carboxylic acids is 1. The third-order valence-electron chi connectivity index (χ3n) is 6.05. The predicted molar refractivity (Wildman–Crippen MR) is 118 cm³/mol. The number of nitrogens with one attached hydrogen (secondary N) is 1. The van der Waals surface area contributed by atoms with Crippen LogP contribution in [0.25, 0.3) is 5.57 Å². The number of benzene rings is 2. The van der Waals surface area contributed by atoms with Crippen LogP contribution >= 0.6 is 0 Å². The van der Waals surface area contributed by atoms with Crippen molar-refractivity contribution < 1.29 is 4.79 Å². The number of nitrogens with two attached hydrogens (primary N) is 1. The Labute approximate surface area is 172 Å². The van der Waals surface area contributed by atoms with Gasteiger partial charge in [0.25, 0.3) is 0 Å². The van der Waals surface area contributed by atoms with Gasteiger partial charge < -0.3 is 20.9 Å². The van der Waals surface area contributed by atoms with E-state index in [0.717, 1.165) is 55.7 Å². The molecular weight excluding hydrogens is 360 g/mol. The molecule has 1 atom stereocenters. The van der Waals surface area contributed by atoms with E-state index in [2.05, 4.69) is 17.0 Å². The van der Waals surface area contributed by atoms with Crippen LogP contribution in [0.1, 0.15) is 23.1 Å². The van der Waals surface area contributed by atoms with Gasteiger partial charge in [0, 0.05) is 49.9 Å². The third kappa shape index (κ3) is 4.19. The number of hydrogen-bond acceptors (Lipinski definition) is 4. The predicted octanol–water partition coefficient (Wildman–Crippen LogP) is 3.09. The summed E-state index contributed by atoms with van der Waals surface area (Å²) in [6.07, 6.45) is 5.36. The van der Waals surface area contributed by atoms with Gasteiger partial charge in [-0.1, -0.05) is 36.4 Å². The van der Waals surface area contributed by atoms with Gasteiger partial charge in [0.1, 0.15) is 0 Å². The number of amides is 1. The lowest BCUT2D eigenvalue weighted by atomic mass is 10.0. The number of anilines is 1. The van der Waals surface area contributed by atoms with Crippen molar-refractivity contribution in [1.29, 1.82) is 5.41 Å². The molecule has 0 radical (unpaired) electrons. The van der Waals surface area contributed by atoms with Crippen molar-refractivity contribution in [2.75, 3.05) is 31.1 Å². The van der Waals surface area contributed by atoms with E-state index in [1.54, 1.807) is 0 Å². The minimum Gasteiger partial charge on any atom is -0.404 e. The van der Waals surface area contributed by atoms with Crippen molar-refractivity contribution in [3.8, 4) is 0 Å². The van der Waals surface area contributed by atoms with Crippen molar-refractivity contribution in [3.05, 3.63) is 71.4 Å². The molecule has 1 fully saturated rings. The van der Waals surface area contributed by atoms with Gasteiger partial charge in [-0.15, -0.1) is 0 Å². The lowest BCUT2D eigenvalue weighted by molar-refractivity contribution is -0.129. The summed E-state index contributed by atoms with van der Waals surface area (Å²) in [5, 5.41) is 7.49. The standard InChI is InChI=1S/C24H28N4O/c25-14-22(15-26)20-6-7-23-21(13-20)9-11-27(23)16-19-8-10-28(17-19)24(29)12-18-4-2-1-3-5-18/h1-7,13-15,19,25H,8-12,16-17,26H2/b22-15+,25-14?. The largest absolute Gasteiger partial charge is 0.404 e. The van der Waals surface area contributed by atoms with E-state index in [4.69, 9.17) is 11.1 Å². The molecule has 1 saturated heterocycles. The zero-order valence-electron chi connectivity index (χ0n) is 16.7. The van der Waals surface area contributed by atoms with Crippen molar-refractivity contribution in [2.45, 2.75) is 19.3 Å². The van der Waals surface area contributed by atoms with E-state index in [-0.39, 0.29) is 5.91 Å². The zero-order chi connectivity index (χ0) is 20.2. The fourth-order valence-electron chi connectivity index (χ4n) is 4.47. The molecule has 0 saturated carbocycles. The van der Waals surface area contributed by atoms with Crippen LogP contribution in [0.4, 0.5) is 5.69 Å². The lowest BCUT2D eigenvalue weighted by Gasteiger charge is -2.24. The fourth-order valence-corrected chi connectivity index (χ4v) is 4.47. The van der Waals surface area contributed by atoms with Gasteiger partial charge in [-0.25, -0.2) is 0 Å². The van der Waals surface area contributed by atoms with Crippen molar-refractivity contribution in [3.63, 3.8) is 0 Å². The topological polar surface area (TPSA) is 73.4 Å². The van der Waals surface area contributed by atoms with E-state index in [1.165, 1.54) is 23.7 Å². The Hall–Kier alpha value is -3.08. The monoisotopic (exact) mass is 388 g/mol. The van der Waals surface area contributed by atoms with Crippen molar-refractivity contribution in [2.24, 2.45) is 11.7 Å². The number of fused-ring (bicyclic) bond motifs is 1. The van der Waals surface area contributed by atoms with Gasteiger partial charge in [0.15, 0.2) is 0 Å². The maximum absolute atomic E-state index is 12.6. The second kappa shape index (κ2) is 8.52.